The zero-order valence-electron chi connectivity index (χ0n) is 7.43. The molecule has 0 atom stereocenters. The number of halogens is 1. The number of methoxy groups -OCH3 is 1. The molecule has 0 aliphatic heterocycles. The van der Waals surface area contributed by atoms with Crippen LogP contribution in [0.1, 0.15) is 10.4 Å². The third-order valence-corrected chi connectivity index (χ3v) is 1.66. The van der Waals surface area contributed by atoms with Gasteiger partial charge < -0.3 is 10.1 Å². The Bertz CT molecular complexity index is 325. The van der Waals surface area contributed by atoms with E-state index in [9.17, 15) is 9.18 Å². The van der Waals surface area contributed by atoms with Crippen molar-refractivity contribution in [2.45, 2.75) is 0 Å². The molecule has 0 bridgehead atoms. The van der Waals surface area contributed by atoms with Gasteiger partial charge >= 0.3 is 5.97 Å². The smallest absolute Gasteiger partial charge is 0.337 e. The average molecular weight is 183 g/mol. The molecule has 0 spiro atoms. The van der Waals surface area contributed by atoms with Gasteiger partial charge in [-0.15, -0.1) is 0 Å². The minimum Gasteiger partial charge on any atom is -0.465 e. The quantitative estimate of drug-likeness (QED) is 0.708. The van der Waals surface area contributed by atoms with Crippen molar-refractivity contribution in [1.29, 1.82) is 0 Å². The minimum atomic E-state index is -0.540. The second-order valence-corrected chi connectivity index (χ2v) is 2.44. The van der Waals surface area contributed by atoms with Gasteiger partial charge in [0, 0.05) is 7.05 Å². The van der Waals surface area contributed by atoms with Crippen LogP contribution in [0.15, 0.2) is 18.2 Å². The number of anilines is 1. The third kappa shape index (κ3) is 1.96. The number of carbonyl (C=O) groups excluding carboxylic acids is 1. The Morgan fingerprint density at radius 2 is 2.23 bits per heavy atom. The maximum atomic E-state index is 13.1. The van der Waals surface area contributed by atoms with Crippen LogP contribution in [0.2, 0.25) is 0 Å². The number of ether oxygens (including phenoxy) is 1. The summed E-state index contributed by atoms with van der Waals surface area (Å²) < 4.78 is 17.5. The van der Waals surface area contributed by atoms with Gasteiger partial charge in [0.1, 0.15) is 5.82 Å². The number of hydrogen-bond donors (Lipinski definition) is 1. The first-order valence-corrected chi connectivity index (χ1v) is 3.74. The Labute approximate surface area is 75.5 Å². The minimum absolute atomic E-state index is 0.207. The zero-order chi connectivity index (χ0) is 9.84. The highest BCUT2D eigenvalue weighted by Gasteiger charge is 2.08. The highest BCUT2D eigenvalue weighted by molar-refractivity contribution is 5.89. The van der Waals surface area contributed by atoms with Gasteiger partial charge in [-0.25, -0.2) is 9.18 Å². The molecule has 1 N–H and O–H groups in total. The van der Waals surface area contributed by atoms with Gasteiger partial charge in [0.05, 0.1) is 18.4 Å². The summed E-state index contributed by atoms with van der Waals surface area (Å²) in [6.07, 6.45) is 0. The van der Waals surface area contributed by atoms with Gasteiger partial charge in [0.15, 0.2) is 0 Å². The van der Waals surface area contributed by atoms with E-state index in [0.29, 0.717) is 5.69 Å². The van der Waals surface area contributed by atoms with E-state index in [1.807, 2.05) is 0 Å². The van der Waals surface area contributed by atoms with Crippen molar-refractivity contribution in [3.63, 3.8) is 0 Å². The Morgan fingerprint density at radius 1 is 1.54 bits per heavy atom. The predicted molar refractivity (Wildman–Crippen MR) is 47.3 cm³/mol. The number of nitrogens with one attached hydrogen (secondary N) is 1. The number of rotatable bonds is 2. The second-order valence-electron chi connectivity index (χ2n) is 2.44. The first-order valence-electron chi connectivity index (χ1n) is 3.74. The van der Waals surface area contributed by atoms with Gasteiger partial charge in [-0.1, -0.05) is 0 Å². The van der Waals surface area contributed by atoms with E-state index < -0.39 is 11.8 Å². The Kier molecular flexibility index (Phi) is 2.84. The topological polar surface area (TPSA) is 38.3 Å². The van der Waals surface area contributed by atoms with Gasteiger partial charge in [-0.05, 0) is 18.2 Å². The van der Waals surface area contributed by atoms with Crippen molar-refractivity contribution in [3.05, 3.63) is 29.6 Å². The molecule has 4 heteroatoms. The van der Waals surface area contributed by atoms with Gasteiger partial charge in [-0.2, -0.15) is 0 Å². The summed E-state index contributed by atoms with van der Waals surface area (Å²) in [7, 11) is 2.86. The average Bonchev–Trinajstić information content (AvgIpc) is 2.16. The van der Waals surface area contributed by atoms with Crippen LogP contribution in [-0.2, 0) is 4.74 Å². The molecule has 0 unspecified atom stereocenters. The number of carbonyl (C=O) groups is 1. The molecule has 70 valence electrons. The maximum Gasteiger partial charge on any atom is 0.337 e. The fourth-order valence-corrected chi connectivity index (χ4v) is 0.963. The molecular weight excluding hydrogens is 173 g/mol. The van der Waals surface area contributed by atoms with Crippen LogP contribution in [0, 0.1) is 5.82 Å². The maximum absolute atomic E-state index is 13.1. The monoisotopic (exact) mass is 183 g/mol. The summed E-state index contributed by atoms with van der Waals surface area (Å²) in [5, 5.41) is 2.65. The van der Waals surface area contributed by atoms with E-state index in [2.05, 4.69) is 10.1 Å². The van der Waals surface area contributed by atoms with Crippen LogP contribution in [0.3, 0.4) is 0 Å². The molecule has 1 aromatic rings. The molecule has 3 nitrogen and oxygen atoms in total. The van der Waals surface area contributed by atoms with Gasteiger partial charge in [-0.3, -0.25) is 0 Å². The molecule has 0 amide bonds. The molecule has 0 aromatic heterocycles. The second kappa shape index (κ2) is 3.89. The third-order valence-electron chi connectivity index (χ3n) is 1.66. The normalized spacial score (nSPS) is 9.46. The van der Waals surface area contributed by atoms with Crippen molar-refractivity contribution in [2.75, 3.05) is 19.5 Å². The predicted octanol–water partition coefficient (Wildman–Crippen LogP) is 1.65. The largest absolute Gasteiger partial charge is 0.465 e. The number of hydrogen-bond acceptors (Lipinski definition) is 3. The van der Waals surface area contributed by atoms with E-state index in [0.717, 1.165) is 6.07 Å². The SMILES string of the molecule is CNc1ccc(C(=O)OC)cc1F. The van der Waals surface area contributed by atoms with Crippen molar-refractivity contribution in [2.24, 2.45) is 0 Å². The van der Waals surface area contributed by atoms with E-state index in [1.54, 1.807) is 7.05 Å². The zero-order valence-corrected chi connectivity index (χ0v) is 7.43. The molecular formula is C9H10FNO2. The molecule has 0 saturated carbocycles. The van der Waals surface area contributed by atoms with Gasteiger partial charge in [0.25, 0.3) is 0 Å². The Morgan fingerprint density at radius 3 is 2.69 bits per heavy atom. The Hall–Kier alpha value is -1.58. The van der Waals surface area contributed by atoms with Crippen LogP contribution < -0.4 is 5.32 Å². The summed E-state index contributed by atoms with van der Waals surface area (Å²) in [5.41, 5.74) is 0.562. The first kappa shape index (κ1) is 9.51. The molecule has 0 radical (unpaired) electrons. The summed E-state index contributed by atoms with van der Waals surface area (Å²) >= 11 is 0. The van der Waals surface area contributed by atoms with E-state index >= 15 is 0 Å². The molecule has 13 heavy (non-hydrogen) atoms. The number of esters is 1. The standard InChI is InChI=1S/C9H10FNO2/c1-11-8-4-3-6(5-7(8)10)9(12)13-2/h3-5,11H,1-2H3. The van der Waals surface area contributed by atoms with Crippen molar-refractivity contribution >= 4 is 11.7 Å². The summed E-state index contributed by atoms with van der Waals surface area (Å²) in [6, 6.07) is 4.12. The lowest BCUT2D eigenvalue weighted by molar-refractivity contribution is 0.0600. The molecule has 1 rings (SSSR count). The van der Waals surface area contributed by atoms with Crippen molar-refractivity contribution < 1.29 is 13.9 Å². The van der Waals surface area contributed by atoms with E-state index in [4.69, 9.17) is 0 Å². The Balaban J connectivity index is 3.02. The van der Waals surface area contributed by atoms with Crippen LogP contribution >= 0.6 is 0 Å². The van der Waals surface area contributed by atoms with E-state index in [1.165, 1.54) is 19.2 Å². The van der Waals surface area contributed by atoms with Crippen molar-refractivity contribution in [1.82, 2.24) is 0 Å². The summed E-state index contributed by atoms with van der Waals surface area (Å²) in [5.74, 6) is -1.01. The molecule has 0 fully saturated rings. The first-order chi connectivity index (χ1) is 6.19. The molecule has 0 aliphatic carbocycles. The summed E-state index contributed by atoms with van der Waals surface area (Å²) in [4.78, 5) is 11.0. The lowest BCUT2D eigenvalue weighted by Gasteiger charge is -2.03. The van der Waals surface area contributed by atoms with Crippen LogP contribution in [0.5, 0.6) is 0 Å². The molecule has 0 aliphatic rings. The highest BCUT2D eigenvalue weighted by Crippen LogP contribution is 2.15. The lowest BCUT2D eigenvalue weighted by atomic mass is 10.2. The van der Waals surface area contributed by atoms with Crippen LogP contribution in [0.25, 0.3) is 0 Å². The highest BCUT2D eigenvalue weighted by atomic mass is 19.1. The van der Waals surface area contributed by atoms with E-state index in [-0.39, 0.29) is 5.56 Å². The fourth-order valence-electron chi connectivity index (χ4n) is 0.963. The molecule has 1 aromatic carbocycles. The molecule has 0 heterocycles. The summed E-state index contributed by atoms with van der Waals surface area (Å²) in [6.45, 7) is 0. The van der Waals surface area contributed by atoms with Crippen LogP contribution in [-0.4, -0.2) is 20.1 Å². The fraction of sp³-hybridized carbons (Fsp3) is 0.222. The van der Waals surface area contributed by atoms with Crippen LogP contribution in [0.4, 0.5) is 10.1 Å². The lowest BCUT2D eigenvalue weighted by Crippen LogP contribution is -2.02. The number of benzene rings is 1. The van der Waals surface area contributed by atoms with Gasteiger partial charge in [0.2, 0.25) is 0 Å². The molecule has 0 saturated heterocycles. The van der Waals surface area contributed by atoms with Crippen molar-refractivity contribution in [3.8, 4) is 0 Å².